The molecule has 0 rings (SSSR count). The van der Waals surface area contributed by atoms with Gasteiger partial charge in [-0.05, 0) is 33.1 Å². The van der Waals surface area contributed by atoms with Crippen molar-refractivity contribution in [2.24, 2.45) is 5.92 Å². The SMILES string of the molecule is CC(O)C(C)CCOC(C)C(C)O. The van der Waals surface area contributed by atoms with Crippen molar-refractivity contribution in [1.82, 2.24) is 0 Å². The zero-order valence-electron chi connectivity index (χ0n) is 9.03. The van der Waals surface area contributed by atoms with Gasteiger partial charge in [0, 0.05) is 6.61 Å². The maximum atomic E-state index is 9.19. The van der Waals surface area contributed by atoms with Gasteiger partial charge in [0.25, 0.3) is 0 Å². The Labute approximate surface area is 80.7 Å². The number of hydrogen-bond donors (Lipinski definition) is 2. The van der Waals surface area contributed by atoms with Gasteiger partial charge in [-0.25, -0.2) is 0 Å². The molecule has 3 heteroatoms. The minimum absolute atomic E-state index is 0.124. The highest BCUT2D eigenvalue weighted by atomic mass is 16.5. The first-order chi connectivity index (χ1) is 5.95. The molecule has 0 saturated heterocycles. The van der Waals surface area contributed by atoms with Crippen LogP contribution in [0.2, 0.25) is 0 Å². The van der Waals surface area contributed by atoms with Crippen molar-refractivity contribution >= 4 is 0 Å². The lowest BCUT2D eigenvalue weighted by atomic mass is 10.0. The third-order valence-electron chi connectivity index (χ3n) is 2.46. The van der Waals surface area contributed by atoms with Crippen molar-refractivity contribution < 1.29 is 14.9 Å². The fourth-order valence-corrected chi connectivity index (χ4v) is 0.820. The Morgan fingerprint density at radius 1 is 1.00 bits per heavy atom. The molecule has 80 valence electrons. The molecule has 0 aromatic rings. The number of hydrogen-bond acceptors (Lipinski definition) is 3. The van der Waals surface area contributed by atoms with E-state index in [-0.39, 0.29) is 18.1 Å². The summed E-state index contributed by atoms with van der Waals surface area (Å²) in [5.41, 5.74) is 0. The zero-order valence-corrected chi connectivity index (χ0v) is 9.03. The van der Waals surface area contributed by atoms with Gasteiger partial charge in [-0.1, -0.05) is 6.92 Å². The molecule has 0 aliphatic heterocycles. The monoisotopic (exact) mass is 190 g/mol. The summed E-state index contributed by atoms with van der Waals surface area (Å²) in [6.07, 6.45) is -0.0112. The number of ether oxygens (including phenoxy) is 1. The molecule has 0 aromatic carbocycles. The van der Waals surface area contributed by atoms with E-state index in [0.717, 1.165) is 6.42 Å². The highest BCUT2D eigenvalue weighted by Crippen LogP contribution is 2.08. The highest BCUT2D eigenvalue weighted by Gasteiger charge is 2.11. The molecule has 4 atom stereocenters. The summed E-state index contributed by atoms with van der Waals surface area (Å²) >= 11 is 0. The van der Waals surface area contributed by atoms with Crippen molar-refractivity contribution in [1.29, 1.82) is 0 Å². The largest absolute Gasteiger partial charge is 0.393 e. The van der Waals surface area contributed by atoms with Crippen LogP contribution in [0.1, 0.15) is 34.1 Å². The Morgan fingerprint density at radius 3 is 1.92 bits per heavy atom. The Morgan fingerprint density at radius 2 is 1.54 bits per heavy atom. The molecule has 0 fully saturated rings. The maximum Gasteiger partial charge on any atom is 0.0803 e. The van der Waals surface area contributed by atoms with E-state index in [0.29, 0.717) is 6.61 Å². The molecule has 0 saturated carbocycles. The second kappa shape index (κ2) is 6.35. The Bertz CT molecular complexity index is 109. The van der Waals surface area contributed by atoms with E-state index in [9.17, 15) is 5.11 Å². The summed E-state index contributed by atoms with van der Waals surface area (Å²) in [6, 6.07) is 0. The van der Waals surface area contributed by atoms with Crippen LogP contribution in [0.4, 0.5) is 0 Å². The first-order valence-corrected chi connectivity index (χ1v) is 4.93. The van der Waals surface area contributed by atoms with Gasteiger partial charge in [-0.2, -0.15) is 0 Å². The van der Waals surface area contributed by atoms with Crippen LogP contribution in [-0.4, -0.2) is 35.1 Å². The van der Waals surface area contributed by atoms with Gasteiger partial charge < -0.3 is 14.9 Å². The van der Waals surface area contributed by atoms with E-state index in [1.165, 1.54) is 0 Å². The minimum Gasteiger partial charge on any atom is -0.393 e. The van der Waals surface area contributed by atoms with Crippen molar-refractivity contribution in [2.45, 2.75) is 52.4 Å². The van der Waals surface area contributed by atoms with Gasteiger partial charge in [0.1, 0.15) is 0 Å². The Balaban J connectivity index is 3.45. The van der Waals surface area contributed by atoms with Crippen LogP contribution >= 0.6 is 0 Å². The van der Waals surface area contributed by atoms with Gasteiger partial charge in [-0.15, -0.1) is 0 Å². The minimum atomic E-state index is -0.429. The molecule has 2 N–H and O–H groups in total. The second-order valence-electron chi connectivity index (χ2n) is 3.82. The van der Waals surface area contributed by atoms with E-state index in [4.69, 9.17) is 9.84 Å². The van der Waals surface area contributed by atoms with Gasteiger partial charge >= 0.3 is 0 Å². The standard InChI is InChI=1S/C10H22O3/c1-7(8(2)11)5-6-13-10(4)9(3)12/h7-12H,5-6H2,1-4H3. The van der Waals surface area contributed by atoms with E-state index < -0.39 is 6.10 Å². The molecule has 13 heavy (non-hydrogen) atoms. The molecule has 0 amide bonds. The average molecular weight is 190 g/mol. The molecule has 0 spiro atoms. The van der Waals surface area contributed by atoms with E-state index >= 15 is 0 Å². The lowest BCUT2D eigenvalue weighted by Crippen LogP contribution is -2.24. The molecular formula is C10H22O3. The summed E-state index contributed by atoms with van der Waals surface area (Å²) in [6.45, 7) is 7.92. The lowest BCUT2D eigenvalue weighted by molar-refractivity contribution is -0.0266. The maximum absolute atomic E-state index is 9.19. The zero-order chi connectivity index (χ0) is 10.4. The van der Waals surface area contributed by atoms with Gasteiger partial charge in [0.15, 0.2) is 0 Å². The first kappa shape index (κ1) is 12.9. The summed E-state index contributed by atoms with van der Waals surface area (Å²) in [5, 5.41) is 18.3. The van der Waals surface area contributed by atoms with Gasteiger partial charge in [0.2, 0.25) is 0 Å². The van der Waals surface area contributed by atoms with Crippen molar-refractivity contribution in [2.75, 3.05) is 6.61 Å². The molecular weight excluding hydrogens is 168 g/mol. The summed E-state index contributed by atoms with van der Waals surface area (Å²) in [5.74, 6) is 0.251. The number of aliphatic hydroxyl groups is 2. The highest BCUT2D eigenvalue weighted by molar-refractivity contribution is 4.61. The van der Waals surface area contributed by atoms with Crippen molar-refractivity contribution in [3.63, 3.8) is 0 Å². The summed E-state index contributed by atoms with van der Waals surface area (Å²) in [4.78, 5) is 0. The van der Waals surface area contributed by atoms with Gasteiger partial charge in [-0.3, -0.25) is 0 Å². The fraction of sp³-hybridized carbons (Fsp3) is 1.00. The number of aliphatic hydroxyl groups excluding tert-OH is 2. The van der Waals surface area contributed by atoms with Crippen molar-refractivity contribution in [3.8, 4) is 0 Å². The van der Waals surface area contributed by atoms with Crippen LogP contribution in [0, 0.1) is 5.92 Å². The van der Waals surface area contributed by atoms with E-state index in [2.05, 4.69) is 0 Å². The Kier molecular flexibility index (Phi) is 6.29. The van der Waals surface area contributed by atoms with E-state index in [1.807, 2.05) is 13.8 Å². The molecule has 0 aliphatic rings. The van der Waals surface area contributed by atoms with Crippen LogP contribution < -0.4 is 0 Å². The molecule has 0 aliphatic carbocycles. The molecule has 3 nitrogen and oxygen atoms in total. The number of rotatable bonds is 6. The van der Waals surface area contributed by atoms with Crippen LogP contribution in [-0.2, 0) is 4.74 Å². The fourth-order valence-electron chi connectivity index (χ4n) is 0.820. The Hall–Kier alpha value is -0.120. The smallest absolute Gasteiger partial charge is 0.0803 e. The molecule has 0 radical (unpaired) electrons. The van der Waals surface area contributed by atoms with Crippen LogP contribution in [0.15, 0.2) is 0 Å². The average Bonchev–Trinajstić information content (AvgIpc) is 2.03. The molecule has 4 unspecified atom stereocenters. The first-order valence-electron chi connectivity index (χ1n) is 4.93. The van der Waals surface area contributed by atoms with Crippen molar-refractivity contribution in [3.05, 3.63) is 0 Å². The molecule has 0 aromatic heterocycles. The summed E-state index contributed by atoms with van der Waals surface area (Å²) in [7, 11) is 0. The van der Waals surface area contributed by atoms with Crippen LogP contribution in [0.5, 0.6) is 0 Å². The normalized spacial score (nSPS) is 20.8. The predicted octanol–water partition coefficient (Wildman–Crippen LogP) is 1.18. The third kappa shape index (κ3) is 6.02. The quantitative estimate of drug-likeness (QED) is 0.661. The van der Waals surface area contributed by atoms with E-state index in [1.54, 1.807) is 13.8 Å². The molecule has 0 bridgehead atoms. The second-order valence-corrected chi connectivity index (χ2v) is 3.82. The summed E-state index contributed by atoms with van der Waals surface area (Å²) < 4.78 is 5.36. The van der Waals surface area contributed by atoms with Gasteiger partial charge in [0.05, 0.1) is 18.3 Å². The van der Waals surface area contributed by atoms with Crippen LogP contribution in [0.3, 0.4) is 0 Å². The molecule has 0 heterocycles. The topological polar surface area (TPSA) is 49.7 Å². The third-order valence-corrected chi connectivity index (χ3v) is 2.46. The van der Waals surface area contributed by atoms with Crippen LogP contribution in [0.25, 0.3) is 0 Å². The lowest BCUT2D eigenvalue weighted by Gasteiger charge is -2.18. The predicted molar refractivity (Wildman–Crippen MR) is 52.6 cm³/mol.